The number of H-pyrrole nitrogens is 2. The molecule has 3 heterocycles. The highest BCUT2D eigenvalue weighted by atomic mass is 16.5. The number of methoxy groups -OCH3 is 1. The van der Waals surface area contributed by atoms with Gasteiger partial charge in [-0.15, -0.1) is 0 Å². The van der Waals surface area contributed by atoms with Gasteiger partial charge in [0.1, 0.15) is 23.7 Å². The Morgan fingerprint density at radius 3 is 2.04 bits per heavy atom. The number of likely N-dealkylation sites (tertiary alicyclic amines) is 1. The van der Waals surface area contributed by atoms with Crippen molar-refractivity contribution >= 4 is 24.0 Å². The number of benzene rings is 2. The lowest BCUT2D eigenvalue weighted by molar-refractivity contribution is -0.135. The summed E-state index contributed by atoms with van der Waals surface area (Å²) < 4.78 is 4.77. The van der Waals surface area contributed by atoms with Crippen LogP contribution in [-0.4, -0.2) is 85.7 Å². The smallest absolute Gasteiger partial charge is 0.407 e. The number of rotatable bonds is 11. The largest absolute Gasteiger partial charge is 0.465 e. The summed E-state index contributed by atoms with van der Waals surface area (Å²) in [5, 5.41) is 17.4. The minimum absolute atomic E-state index is 0.00760. The van der Waals surface area contributed by atoms with Crippen LogP contribution >= 0.6 is 0 Å². The van der Waals surface area contributed by atoms with E-state index in [1.165, 1.54) is 29.4 Å². The van der Waals surface area contributed by atoms with Gasteiger partial charge in [-0.3, -0.25) is 9.59 Å². The molecule has 1 aliphatic heterocycles. The van der Waals surface area contributed by atoms with Gasteiger partial charge >= 0.3 is 12.2 Å². The predicted molar refractivity (Wildman–Crippen MR) is 206 cm³/mol. The molecular weight excluding hydrogens is 701 g/mol. The molecule has 2 aliphatic carbocycles. The fraction of sp³-hybridized carbons (Fsp3) is 0.463. The molecule has 1 saturated heterocycles. The predicted octanol–water partition coefficient (Wildman–Crippen LogP) is 6.13. The zero-order chi connectivity index (χ0) is 39.0. The maximum absolute atomic E-state index is 13.6. The lowest BCUT2D eigenvalue weighted by atomic mass is 9.99. The molecule has 14 heteroatoms. The van der Waals surface area contributed by atoms with Gasteiger partial charge in [0.05, 0.1) is 36.9 Å². The Balaban J connectivity index is 1.03. The van der Waals surface area contributed by atoms with Crippen LogP contribution in [0.5, 0.6) is 0 Å². The number of aromatic nitrogens is 4. The van der Waals surface area contributed by atoms with Crippen LogP contribution in [0.15, 0.2) is 48.8 Å². The Labute approximate surface area is 320 Å². The number of hydrogen-bond acceptors (Lipinski definition) is 7. The highest BCUT2D eigenvalue weighted by Gasteiger charge is 2.38. The Morgan fingerprint density at radius 1 is 0.818 bits per heavy atom. The Bertz CT molecular complexity index is 2090. The second kappa shape index (κ2) is 15.6. The topological polar surface area (TPSA) is 194 Å². The van der Waals surface area contributed by atoms with E-state index in [0.717, 1.165) is 72.7 Å². The first kappa shape index (κ1) is 37.6. The van der Waals surface area contributed by atoms with Crippen LogP contribution in [0.2, 0.25) is 0 Å². The van der Waals surface area contributed by atoms with Crippen LogP contribution in [0, 0.1) is 11.8 Å². The van der Waals surface area contributed by atoms with Crippen molar-refractivity contribution in [1.29, 1.82) is 0 Å². The van der Waals surface area contributed by atoms with Gasteiger partial charge in [0, 0.05) is 18.5 Å². The van der Waals surface area contributed by atoms with E-state index in [9.17, 15) is 24.3 Å². The lowest BCUT2D eigenvalue weighted by Crippen LogP contribution is -2.52. The summed E-state index contributed by atoms with van der Waals surface area (Å²) in [7, 11) is 1.29. The van der Waals surface area contributed by atoms with E-state index in [-0.39, 0.29) is 41.7 Å². The molecule has 0 radical (unpaired) electrons. The molecule has 2 aromatic heterocycles. The van der Waals surface area contributed by atoms with Crippen molar-refractivity contribution in [3.8, 4) is 33.6 Å². The minimum Gasteiger partial charge on any atom is -0.465 e. The maximum atomic E-state index is 13.6. The van der Waals surface area contributed by atoms with Crippen LogP contribution in [0.1, 0.15) is 94.5 Å². The van der Waals surface area contributed by atoms with Gasteiger partial charge in [0.2, 0.25) is 11.8 Å². The van der Waals surface area contributed by atoms with Crippen LogP contribution in [0.25, 0.3) is 33.6 Å². The number of aromatic amines is 2. The van der Waals surface area contributed by atoms with Crippen molar-refractivity contribution in [2.24, 2.45) is 11.8 Å². The number of ether oxygens (including phenoxy) is 1. The molecule has 5 atom stereocenters. The van der Waals surface area contributed by atoms with Crippen molar-refractivity contribution in [3.63, 3.8) is 0 Å². The molecule has 4 amide bonds. The number of nitrogens with one attached hydrogen (secondary N) is 5. The third kappa shape index (κ3) is 7.67. The molecule has 2 aromatic carbocycles. The first-order valence-electron chi connectivity index (χ1n) is 19.2. The van der Waals surface area contributed by atoms with E-state index < -0.39 is 24.3 Å². The number of carbonyl (C=O) groups is 4. The van der Waals surface area contributed by atoms with E-state index in [2.05, 4.69) is 62.3 Å². The molecular formula is C41H50N8O6. The van der Waals surface area contributed by atoms with Gasteiger partial charge in [-0.2, -0.15) is 0 Å². The number of alkyl carbamates (subject to hydrolysis) is 1. The standard InChI is InChI=1S/C41H50N8O6/c1-21(2)34(47-40(52)53)38(50)46-30-9-6-8-29(30)36-42-19-31(44-36)23-11-13-27-25(16-23)18-26-17-24(12-14-28(26)27)32-20-43-37(45-32)33-10-7-15-49(33)39(51)35(22(3)4)48-41(54)55-5/h11-14,16-17,19-22,29-30,33-35,47H,6-10,15,18H2,1-5H3,(H,42,44)(H,43,45)(H,46,50)(H,48,54)(H,52,53)/t29-,30-,33-,34-,35-/m0/s1. The second-order valence-electron chi connectivity index (χ2n) is 15.7. The molecule has 3 aliphatic rings. The number of carboxylic acid groups (broad SMARTS) is 1. The third-order valence-electron chi connectivity index (χ3n) is 11.4. The fourth-order valence-electron chi connectivity index (χ4n) is 8.46. The van der Waals surface area contributed by atoms with Crippen molar-refractivity contribution < 1.29 is 29.0 Å². The van der Waals surface area contributed by atoms with Crippen molar-refractivity contribution in [2.45, 2.75) is 96.3 Å². The van der Waals surface area contributed by atoms with Gasteiger partial charge in [-0.25, -0.2) is 19.6 Å². The maximum Gasteiger partial charge on any atom is 0.407 e. The van der Waals surface area contributed by atoms with E-state index in [0.29, 0.717) is 6.54 Å². The second-order valence-corrected chi connectivity index (χ2v) is 15.7. The first-order chi connectivity index (χ1) is 26.4. The summed E-state index contributed by atoms with van der Waals surface area (Å²) in [5.41, 5.74) is 8.68. The molecule has 0 unspecified atom stereocenters. The number of nitrogens with zero attached hydrogens (tertiary/aromatic N) is 3. The van der Waals surface area contributed by atoms with Gasteiger partial charge in [0.25, 0.3) is 0 Å². The van der Waals surface area contributed by atoms with E-state index in [1.807, 2.05) is 45.0 Å². The zero-order valence-electron chi connectivity index (χ0n) is 31.9. The summed E-state index contributed by atoms with van der Waals surface area (Å²) >= 11 is 0. The lowest BCUT2D eigenvalue weighted by Gasteiger charge is -2.30. The summed E-state index contributed by atoms with van der Waals surface area (Å²) in [6.45, 7) is 8.04. The molecule has 7 rings (SSSR count). The summed E-state index contributed by atoms with van der Waals surface area (Å²) in [6.07, 6.45) is 6.87. The van der Waals surface area contributed by atoms with Gasteiger partial charge in [-0.05, 0) is 89.5 Å². The summed E-state index contributed by atoms with van der Waals surface area (Å²) in [6, 6.07) is 11.1. The average Bonchev–Trinajstić information content (AvgIpc) is 4.00. The summed E-state index contributed by atoms with van der Waals surface area (Å²) in [4.78, 5) is 68.2. The number of amides is 4. The van der Waals surface area contributed by atoms with Crippen LogP contribution in [0.4, 0.5) is 9.59 Å². The monoisotopic (exact) mass is 750 g/mol. The number of carbonyl (C=O) groups excluding carboxylic acids is 3. The van der Waals surface area contributed by atoms with Crippen LogP contribution in [0.3, 0.4) is 0 Å². The van der Waals surface area contributed by atoms with E-state index >= 15 is 0 Å². The number of fused-ring (bicyclic) bond motifs is 3. The van der Waals surface area contributed by atoms with E-state index in [1.54, 1.807) is 0 Å². The Kier molecular flexibility index (Phi) is 10.7. The summed E-state index contributed by atoms with van der Waals surface area (Å²) in [5.74, 6) is 0.818. The van der Waals surface area contributed by atoms with Gasteiger partial charge < -0.3 is 40.7 Å². The Hall–Kier alpha value is -5.66. The van der Waals surface area contributed by atoms with Gasteiger partial charge in [0.15, 0.2) is 0 Å². The molecule has 0 spiro atoms. The molecule has 6 N–H and O–H groups in total. The van der Waals surface area contributed by atoms with Crippen molar-refractivity contribution in [2.75, 3.05) is 13.7 Å². The molecule has 290 valence electrons. The van der Waals surface area contributed by atoms with E-state index in [4.69, 9.17) is 14.7 Å². The highest BCUT2D eigenvalue weighted by Crippen LogP contribution is 2.41. The zero-order valence-corrected chi connectivity index (χ0v) is 31.9. The third-order valence-corrected chi connectivity index (χ3v) is 11.4. The highest BCUT2D eigenvalue weighted by molar-refractivity contribution is 5.87. The molecule has 4 aromatic rings. The Morgan fingerprint density at radius 2 is 1.44 bits per heavy atom. The SMILES string of the molecule is COC(=O)N[C@H](C(=O)N1CCC[C@H]1c1ncc(-c2ccc3c(c2)Cc2cc(-c4cnc([C@H]5CCC[C@@H]5NC(=O)[C@@H](NC(=O)O)C(C)C)[nH]4)ccc2-3)[nH]1)C(C)C. The van der Waals surface area contributed by atoms with Crippen LogP contribution < -0.4 is 16.0 Å². The van der Waals surface area contributed by atoms with Crippen molar-refractivity contribution in [3.05, 3.63) is 71.6 Å². The van der Waals surface area contributed by atoms with Crippen molar-refractivity contribution in [1.82, 2.24) is 40.8 Å². The molecule has 55 heavy (non-hydrogen) atoms. The molecule has 1 saturated carbocycles. The average molecular weight is 751 g/mol. The molecule has 2 fully saturated rings. The fourth-order valence-corrected chi connectivity index (χ4v) is 8.46. The first-order valence-corrected chi connectivity index (χ1v) is 19.2. The minimum atomic E-state index is -1.21. The van der Waals surface area contributed by atoms with Crippen LogP contribution in [-0.2, 0) is 20.7 Å². The molecule has 0 bridgehead atoms. The quantitative estimate of drug-likeness (QED) is 0.0928. The molecule has 14 nitrogen and oxygen atoms in total. The number of hydrogen-bond donors (Lipinski definition) is 6. The van der Waals surface area contributed by atoms with Gasteiger partial charge in [-0.1, -0.05) is 58.4 Å². The number of imidazole rings is 2. The normalized spacial score (nSPS) is 19.9.